The van der Waals surface area contributed by atoms with Crippen molar-refractivity contribution in [2.75, 3.05) is 6.61 Å². The molecule has 0 radical (unpaired) electrons. The molecule has 0 aliphatic carbocycles. The van der Waals surface area contributed by atoms with Gasteiger partial charge in [-0.2, -0.15) is 4.99 Å². The van der Waals surface area contributed by atoms with Crippen molar-refractivity contribution in [3.63, 3.8) is 0 Å². The van der Waals surface area contributed by atoms with E-state index in [4.69, 9.17) is 4.99 Å². The van der Waals surface area contributed by atoms with Crippen LogP contribution in [-0.4, -0.2) is 59.0 Å². The van der Waals surface area contributed by atoms with E-state index in [2.05, 4.69) is 51.5 Å². The zero-order valence-corrected chi connectivity index (χ0v) is 15.6. The molecule has 3 unspecified atom stereocenters. The van der Waals surface area contributed by atoms with Gasteiger partial charge < -0.3 is 20.6 Å². The molecule has 2 aliphatic rings. The average Bonchev–Trinajstić information content (AvgIpc) is 3.09. The maximum absolute atomic E-state index is 9.49. The van der Waals surface area contributed by atoms with Crippen LogP contribution in [0.5, 0.6) is 0 Å². The van der Waals surface area contributed by atoms with Crippen molar-refractivity contribution in [2.45, 2.75) is 58.0 Å². The van der Waals surface area contributed by atoms with Crippen molar-refractivity contribution in [2.24, 2.45) is 15.0 Å². The fraction of sp³-hybridized carbons (Fsp3) is 0.526. The predicted molar refractivity (Wildman–Crippen MR) is 105 cm³/mol. The van der Waals surface area contributed by atoms with E-state index in [0.717, 1.165) is 12.3 Å². The SMILES string of the molecule is CCC(CO)NC1=NC2C(N=CN2C(C)C)C(NCc2ccccc2)=N1. The molecule has 0 aromatic heterocycles. The summed E-state index contributed by atoms with van der Waals surface area (Å²) in [6.45, 7) is 7.02. The summed E-state index contributed by atoms with van der Waals surface area (Å²) in [5.74, 6) is 1.36. The molecule has 1 aromatic carbocycles. The number of hydrogen-bond donors (Lipinski definition) is 3. The van der Waals surface area contributed by atoms with Crippen LogP contribution in [0.25, 0.3) is 0 Å². The van der Waals surface area contributed by atoms with Crippen molar-refractivity contribution in [3.8, 4) is 0 Å². The van der Waals surface area contributed by atoms with E-state index in [0.29, 0.717) is 18.5 Å². The highest BCUT2D eigenvalue weighted by molar-refractivity contribution is 6.02. The second kappa shape index (κ2) is 8.31. The number of rotatable bonds is 6. The van der Waals surface area contributed by atoms with Crippen LogP contribution in [0.2, 0.25) is 0 Å². The van der Waals surface area contributed by atoms with Crippen LogP contribution in [0.4, 0.5) is 0 Å². The molecule has 2 heterocycles. The first kappa shape index (κ1) is 18.4. The molecular formula is C19H28N6O. The van der Waals surface area contributed by atoms with Crippen molar-refractivity contribution >= 4 is 18.1 Å². The Labute approximate surface area is 155 Å². The number of nitrogens with zero attached hydrogens (tertiary/aromatic N) is 4. The first-order valence-corrected chi connectivity index (χ1v) is 9.24. The molecule has 1 aromatic rings. The van der Waals surface area contributed by atoms with Gasteiger partial charge in [0, 0.05) is 12.6 Å². The Morgan fingerprint density at radius 2 is 2.00 bits per heavy atom. The summed E-state index contributed by atoms with van der Waals surface area (Å²) in [7, 11) is 0. The van der Waals surface area contributed by atoms with Gasteiger partial charge in [-0.1, -0.05) is 37.3 Å². The van der Waals surface area contributed by atoms with Crippen LogP contribution in [0.1, 0.15) is 32.8 Å². The van der Waals surface area contributed by atoms with Crippen LogP contribution in [-0.2, 0) is 6.54 Å². The van der Waals surface area contributed by atoms with E-state index in [1.807, 2.05) is 31.5 Å². The molecule has 7 heteroatoms. The summed E-state index contributed by atoms with van der Waals surface area (Å²) < 4.78 is 0. The lowest BCUT2D eigenvalue weighted by molar-refractivity contribution is 0.250. The average molecular weight is 356 g/mol. The van der Waals surface area contributed by atoms with Gasteiger partial charge in [-0.25, -0.2) is 4.99 Å². The Morgan fingerprint density at radius 3 is 2.65 bits per heavy atom. The molecule has 3 N–H and O–H groups in total. The predicted octanol–water partition coefficient (Wildman–Crippen LogP) is 1.35. The van der Waals surface area contributed by atoms with Gasteiger partial charge in [-0.3, -0.25) is 4.99 Å². The summed E-state index contributed by atoms with van der Waals surface area (Å²) in [4.78, 5) is 16.2. The van der Waals surface area contributed by atoms with E-state index in [-0.39, 0.29) is 24.9 Å². The van der Waals surface area contributed by atoms with Crippen LogP contribution in [0.15, 0.2) is 45.3 Å². The van der Waals surface area contributed by atoms with Gasteiger partial charge in [0.1, 0.15) is 11.9 Å². The second-order valence-corrected chi connectivity index (χ2v) is 6.88. The van der Waals surface area contributed by atoms with Gasteiger partial charge in [-0.15, -0.1) is 0 Å². The first-order chi connectivity index (χ1) is 12.6. The second-order valence-electron chi connectivity index (χ2n) is 6.88. The quantitative estimate of drug-likeness (QED) is 0.718. The number of nitrogens with one attached hydrogen (secondary N) is 2. The molecule has 26 heavy (non-hydrogen) atoms. The highest BCUT2D eigenvalue weighted by atomic mass is 16.3. The molecule has 0 fully saturated rings. The van der Waals surface area contributed by atoms with Crippen molar-refractivity contribution in [1.29, 1.82) is 0 Å². The third-order valence-electron chi connectivity index (χ3n) is 4.67. The molecule has 0 saturated heterocycles. The van der Waals surface area contributed by atoms with Crippen LogP contribution < -0.4 is 10.6 Å². The molecule has 3 atom stereocenters. The highest BCUT2D eigenvalue weighted by Gasteiger charge is 2.38. The van der Waals surface area contributed by atoms with E-state index in [1.165, 1.54) is 5.56 Å². The van der Waals surface area contributed by atoms with Crippen LogP contribution in [0.3, 0.4) is 0 Å². The van der Waals surface area contributed by atoms with Gasteiger partial charge in [0.05, 0.1) is 19.0 Å². The largest absolute Gasteiger partial charge is 0.394 e. The van der Waals surface area contributed by atoms with Crippen molar-refractivity contribution < 1.29 is 5.11 Å². The lowest BCUT2D eigenvalue weighted by Gasteiger charge is -2.32. The Hall–Kier alpha value is -2.41. The summed E-state index contributed by atoms with van der Waals surface area (Å²) in [5.41, 5.74) is 1.19. The number of amidine groups is 1. The minimum atomic E-state index is -0.124. The van der Waals surface area contributed by atoms with E-state index < -0.39 is 0 Å². The zero-order valence-electron chi connectivity index (χ0n) is 15.6. The minimum absolute atomic E-state index is 0.0519. The number of aliphatic hydroxyl groups excluding tert-OH is 1. The molecule has 7 nitrogen and oxygen atoms in total. The fourth-order valence-corrected chi connectivity index (χ4v) is 3.04. The lowest BCUT2D eigenvalue weighted by atomic mass is 10.1. The summed E-state index contributed by atoms with van der Waals surface area (Å²) in [5, 5.41) is 16.2. The Morgan fingerprint density at radius 1 is 1.23 bits per heavy atom. The zero-order chi connectivity index (χ0) is 18.5. The minimum Gasteiger partial charge on any atom is -0.394 e. The van der Waals surface area contributed by atoms with Crippen LogP contribution >= 0.6 is 0 Å². The number of aliphatic imine (C=N–C) groups is 3. The molecule has 0 saturated carbocycles. The normalized spacial score (nSPS) is 22.7. The van der Waals surface area contributed by atoms with Gasteiger partial charge in [-0.05, 0) is 25.8 Å². The lowest BCUT2D eigenvalue weighted by Crippen LogP contribution is -2.51. The number of aliphatic hydroxyl groups is 1. The number of fused-ring (bicyclic) bond motifs is 1. The topological polar surface area (TPSA) is 84.6 Å². The van der Waals surface area contributed by atoms with Crippen molar-refractivity contribution in [1.82, 2.24) is 15.5 Å². The first-order valence-electron chi connectivity index (χ1n) is 9.24. The van der Waals surface area contributed by atoms with E-state index in [1.54, 1.807) is 0 Å². The summed E-state index contributed by atoms with van der Waals surface area (Å²) in [6, 6.07) is 10.3. The van der Waals surface area contributed by atoms with Gasteiger partial charge in [0.25, 0.3) is 0 Å². The molecule has 2 aliphatic heterocycles. The molecule has 0 bridgehead atoms. The number of guanidine groups is 1. The third kappa shape index (κ3) is 4.04. The molecule has 140 valence electrons. The monoisotopic (exact) mass is 356 g/mol. The van der Waals surface area contributed by atoms with Gasteiger partial charge in [0.15, 0.2) is 6.17 Å². The van der Waals surface area contributed by atoms with E-state index in [9.17, 15) is 5.11 Å². The Bertz CT molecular complexity index is 681. The van der Waals surface area contributed by atoms with Gasteiger partial charge in [0.2, 0.25) is 5.96 Å². The molecule has 3 rings (SSSR count). The van der Waals surface area contributed by atoms with Gasteiger partial charge >= 0.3 is 0 Å². The Balaban J connectivity index is 1.79. The summed E-state index contributed by atoms with van der Waals surface area (Å²) >= 11 is 0. The third-order valence-corrected chi connectivity index (χ3v) is 4.67. The fourth-order valence-electron chi connectivity index (χ4n) is 3.04. The summed E-state index contributed by atoms with van der Waals surface area (Å²) in [6.07, 6.45) is 2.57. The molecule has 0 amide bonds. The maximum atomic E-state index is 9.49. The van der Waals surface area contributed by atoms with E-state index >= 15 is 0 Å². The standard InChI is InChI=1S/C19H28N6O/c1-4-15(11-26)22-19-23-17(20-10-14-8-6-5-7-9-14)16-18(24-19)25(12-21-16)13(2)3/h5-9,12-13,15-16,18,26H,4,10-11H2,1-3H3,(H2,20,22,23,24). The molecule has 0 spiro atoms. The molecular weight excluding hydrogens is 328 g/mol. The van der Waals surface area contributed by atoms with Crippen molar-refractivity contribution in [3.05, 3.63) is 35.9 Å². The smallest absolute Gasteiger partial charge is 0.222 e. The van der Waals surface area contributed by atoms with Crippen LogP contribution in [0, 0.1) is 0 Å². The maximum Gasteiger partial charge on any atom is 0.222 e. The highest BCUT2D eigenvalue weighted by Crippen LogP contribution is 2.22. The Kier molecular flexibility index (Phi) is 5.88. The number of benzene rings is 1. The number of hydrogen-bond acceptors (Lipinski definition) is 7.